The number of aromatic nitrogens is 4. The van der Waals surface area contributed by atoms with Crippen LogP contribution in [0.2, 0.25) is 0 Å². The molecule has 1 aromatic carbocycles. The maximum atomic E-state index is 15.1. The number of hydrogen-bond donors (Lipinski definition) is 2. The van der Waals surface area contributed by atoms with Crippen LogP contribution in [-0.4, -0.2) is 68.2 Å². The first-order valence-electron chi connectivity index (χ1n) is 14.1. The molecule has 3 aliphatic heterocycles. The topological polar surface area (TPSA) is 135 Å². The van der Waals surface area contributed by atoms with E-state index in [0.29, 0.717) is 34.5 Å². The molecule has 7 rings (SSSR count). The summed E-state index contributed by atoms with van der Waals surface area (Å²) in [5.74, 6) is 0.314. The minimum Gasteiger partial charge on any atom is -0.393 e. The zero-order valence-corrected chi connectivity index (χ0v) is 23.5. The monoisotopic (exact) mass is 551 g/mol. The van der Waals surface area contributed by atoms with Crippen LogP contribution in [0.15, 0.2) is 18.3 Å². The Kier molecular flexibility index (Phi) is 8.21. The first kappa shape index (κ1) is 28.2. The molecule has 4 aliphatic rings. The highest BCUT2D eigenvalue weighted by Gasteiger charge is 2.40. The number of morpholine rings is 1. The van der Waals surface area contributed by atoms with Gasteiger partial charge in [-0.3, -0.25) is 0 Å². The number of ether oxygens (including phenoxy) is 2. The SMILES string of the molecule is CC(C)OC1CCCC(O)C1.CC(C)n1c(N2CC3CC(C2)O3)nc2c(F)cc(-c3nc(N)ncc3C#N)cc21. The molecule has 1 aliphatic carbocycles. The van der Waals surface area contributed by atoms with Gasteiger partial charge in [-0.25, -0.2) is 19.3 Å². The molecule has 4 unspecified atom stereocenters. The molecule has 214 valence electrons. The number of anilines is 2. The molecule has 40 heavy (non-hydrogen) atoms. The van der Waals surface area contributed by atoms with Crippen molar-refractivity contribution < 1.29 is 19.0 Å². The Labute approximate surface area is 233 Å². The van der Waals surface area contributed by atoms with Crippen LogP contribution in [0.5, 0.6) is 0 Å². The summed E-state index contributed by atoms with van der Waals surface area (Å²) in [7, 11) is 0. The highest BCUT2D eigenvalue weighted by atomic mass is 19.1. The quantitative estimate of drug-likeness (QED) is 0.474. The van der Waals surface area contributed by atoms with Crippen molar-refractivity contribution in [1.82, 2.24) is 19.5 Å². The molecule has 0 radical (unpaired) electrons. The fraction of sp³-hybridized carbons (Fsp3) is 0.586. The van der Waals surface area contributed by atoms with Crippen LogP contribution in [0.1, 0.15) is 71.4 Å². The third kappa shape index (κ3) is 5.89. The summed E-state index contributed by atoms with van der Waals surface area (Å²) < 4.78 is 28.5. The summed E-state index contributed by atoms with van der Waals surface area (Å²) in [6.07, 6.45) is 7.36. The van der Waals surface area contributed by atoms with Gasteiger partial charge in [0.25, 0.3) is 0 Å². The molecule has 1 saturated carbocycles. The van der Waals surface area contributed by atoms with Crippen molar-refractivity contribution in [2.75, 3.05) is 23.7 Å². The number of nitriles is 1. The first-order valence-corrected chi connectivity index (χ1v) is 14.1. The molecule has 3 N–H and O–H groups in total. The van der Waals surface area contributed by atoms with Crippen molar-refractivity contribution >= 4 is 22.9 Å². The summed E-state index contributed by atoms with van der Waals surface area (Å²) in [5, 5.41) is 18.7. The van der Waals surface area contributed by atoms with Crippen LogP contribution < -0.4 is 10.6 Å². The Balaban J connectivity index is 0.000000248. The van der Waals surface area contributed by atoms with Gasteiger partial charge >= 0.3 is 0 Å². The van der Waals surface area contributed by atoms with Gasteiger partial charge in [0.2, 0.25) is 11.9 Å². The number of aliphatic hydroxyl groups excluding tert-OH is 1. The number of hydrogen-bond acceptors (Lipinski definition) is 9. The van der Waals surface area contributed by atoms with E-state index < -0.39 is 5.82 Å². The molecule has 0 spiro atoms. The Morgan fingerprint density at radius 1 is 1.15 bits per heavy atom. The summed E-state index contributed by atoms with van der Waals surface area (Å²) in [4.78, 5) is 14.8. The lowest BCUT2D eigenvalue weighted by Crippen LogP contribution is -2.58. The lowest BCUT2D eigenvalue weighted by atomic mass is 9.95. The van der Waals surface area contributed by atoms with Gasteiger partial charge in [0.05, 0.1) is 53.5 Å². The number of nitrogen functional groups attached to an aromatic ring is 1. The Morgan fingerprint density at radius 3 is 2.50 bits per heavy atom. The highest BCUT2D eigenvalue weighted by Crippen LogP contribution is 2.36. The number of aliphatic hydroxyl groups is 1. The minimum absolute atomic E-state index is 0.0325. The van der Waals surface area contributed by atoms with Gasteiger partial charge in [-0.05, 0) is 65.5 Å². The van der Waals surface area contributed by atoms with Crippen molar-refractivity contribution in [2.45, 2.75) is 96.4 Å². The van der Waals surface area contributed by atoms with Crippen LogP contribution in [0.25, 0.3) is 22.3 Å². The van der Waals surface area contributed by atoms with Gasteiger partial charge in [-0.2, -0.15) is 5.26 Å². The number of piperidine rings is 1. The van der Waals surface area contributed by atoms with E-state index >= 15 is 4.39 Å². The number of nitrogens with zero attached hydrogens (tertiary/aromatic N) is 6. The summed E-state index contributed by atoms with van der Waals surface area (Å²) in [5.41, 5.74) is 7.69. The average Bonchev–Trinajstić information content (AvgIpc) is 3.29. The lowest BCUT2D eigenvalue weighted by molar-refractivity contribution is -0.133. The zero-order chi connectivity index (χ0) is 28.6. The maximum Gasteiger partial charge on any atom is 0.220 e. The Bertz CT molecular complexity index is 1380. The first-order chi connectivity index (χ1) is 19.1. The van der Waals surface area contributed by atoms with Gasteiger partial charge in [0, 0.05) is 31.1 Å². The predicted octanol–water partition coefficient (Wildman–Crippen LogP) is 4.36. The number of benzene rings is 1. The van der Waals surface area contributed by atoms with Gasteiger partial charge in [-0.15, -0.1) is 0 Å². The van der Waals surface area contributed by atoms with Gasteiger partial charge in [0.1, 0.15) is 11.6 Å². The molecule has 4 fully saturated rings. The third-order valence-corrected chi connectivity index (χ3v) is 7.55. The van der Waals surface area contributed by atoms with E-state index in [4.69, 9.17) is 15.2 Å². The van der Waals surface area contributed by atoms with Gasteiger partial charge < -0.3 is 29.8 Å². The zero-order valence-electron chi connectivity index (χ0n) is 23.5. The molecular formula is C29H38FN7O3. The van der Waals surface area contributed by atoms with Crippen molar-refractivity contribution in [2.24, 2.45) is 0 Å². The second-order valence-electron chi connectivity index (χ2n) is 11.5. The predicted molar refractivity (Wildman–Crippen MR) is 150 cm³/mol. The number of fused-ring (bicyclic) bond motifs is 3. The molecule has 3 saturated heterocycles. The van der Waals surface area contributed by atoms with Crippen LogP contribution in [0.3, 0.4) is 0 Å². The van der Waals surface area contributed by atoms with Gasteiger partial charge in [0.15, 0.2) is 5.82 Å². The number of nitrogens with two attached hydrogens (primary N) is 1. The number of imidazole rings is 1. The normalized spacial score (nSPS) is 24.0. The standard InChI is InChI=1S/C20H20FN7O.C9H18O2/c1-10(2)28-16-4-11(17-12(6-22)7-24-19(23)25-17)3-15(21)18(16)26-20(28)27-8-13-5-14(9-27)29-13;1-7(2)11-9-5-3-4-8(10)6-9/h3-4,7,10,13-14H,5,8-9H2,1-2H3,(H2,23,24,25);7-10H,3-6H2,1-2H3. The second kappa shape index (κ2) is 11.6. The lowest BCUT2D eigenvalue weighted by Gasteiger charge is -2.47. The fourth-order valence-corrected chi connectivity index (χ4v) is 5.85. The van der Waals surface area contributed by atoms with E-state index in [2.05, 4.69) is 19.9 Å². The summed E-state index contributed by atoms with van der Waals surface area (Å²) >= 11 is 0. The fourth-order valence-electron chi connectivity index (χ4n) is 5.85. The molecule has 4 atom stereocenters. The van der Waals surface area contributed by atoms with Crippen LogP contribution >= 0.6 is 0 Å². The van der Waals surface area contributed by atoms with Crippen molar-refractivity contribution in [1.29, 1.82) is 5.26 Å². The van der Waals surface area contributed by atoms with E-state index in [-0.39, 0.29) is 35.9 Å². The van der Waals surface area contributed by atoms with E-state index in [1.54, 1.807) is 0 Å². The Hall–Kier alpha value is -3.33. The molecule has 2 bridgehead atoms. The van der Waals surface area contributed by atoms with Crippen molar-refractivity contribution in [3.63, 3.8) is 0 Å². The molecular weight excluding hydrogens is 513 g/mol. The molecule has 0 amide bonds. The minimum atomic E-state index is -0.461. The molecule has 2 aromatic heterocycles. The van der Waals surface area contributed by atoms with Crippen molar-refractivity contribution in [3.05, 3.63) is 29.7 Å². The summed E-state index contributed by atoms with van der Waals surface area (Å²) in [6, 6.07) is 5.28. The number of halogens is 1. The van der Waals surface area contributed by atoms with Crippen LogP contribution in [0.4, 0.5) is 16.3 Å². The average molecular weight is 552 g/mol. The van der Waals surface area contributed by atoms with Crippen LogP contribution in [-0.2, 0) is 9.47 Å². The number of rotatable bonds is 5. The van der Waals surface area contributed by atoms with E-state index in [9.17, 15) is 10.4 Å². The molecule has 10 nitrogen and oxygen atoms in total. The Morgan fingerprint density at radius 2 is 1.88 bits per heavy atom. The molecule has 5 heterocycles. The van der Waals surface area contributed by atoms with E-state index in [1.807, 2.05) is 44.4 Å². The largest absolute Gasteiger partial charge is 0.393 e. The van der Waals surface area contributed by atoms with Crippen LogP contribution in [0, 0.1) is 17.1 Å². The van der Waals surface area contributed by atoms with Crippen molar-refractivity contribution in [3.8, 4) is 17.3 Å². The molecule has 3 aromatic rings. The summed E-state index contributed by atoms with van der Waals surface area (Å²) in [6.45, 7) is 9.67. The highest BCUT2D eigenvalue weighted by molar-refractivity contribution is 5.85. The van der Waals surface area contributed by atoms with E-state index in [0.717, 1.165) is 51.1 Å². The van der Waals surface area contributed by atoms with E-state index in [1.165, 1.54) is 12.3 Å². The smallest absolute Gasteiger partial charge is 0.220 e. The maximum absolute atomic E-state index is 15.1. The second-order valence-corrected chi connectivity index (χ2v) is 11.5. The third-order valence-electron chi connectivity index (χ3n) is 7.55. The van der Waals surface area contributed by atoms with Gasteiger partial charge in [-0.1, -0.05) is 0 Å². The molecule has 11 heteroatoms.